The molecular formula is C26H28F2N4O2. The molecule has 1 saturated heterocycles. The molecule has 34 heavy (non-hydrogen) atoms. The maximum atomic E-state index is 14.6. The molecule has 6 nitrogen and oxygen atoms in total. The van der Waals surface area contributed by atoms with E-state index >= 15 is 0 Å². The van der Waals surface area contributed by atoms with Gasteiger partial charge in [-0.15, -0.1) is 0 Å². The molecule has 178 valence electrons. The first-order chi connectivity index (χ1) is 16.5. The lowest BCUT2D eigenvalue weighted by Gasteiger charge is -2.37. The molecule has 2 aromatic rings. The Bertz CT molecular complexity index is 1160. The number of hydrogen-bond acceptors (Lipinski definition) is 5. The van der Waals surface area contributed by atoms with Gasteiger partial charge < -0.3 is 25.7 Å². The van der Waals surface area contributed by atoms with Crippen LogP contribution >= 0.6 is 0 Å². The van der Waals surface area contributed by atoms with E-state index in [1.54, 1.807) is 12.3 Å². The highest BCUT2D eigenvalue weighted by Crippen LogP contribution is 2.45. The topological polar surface area (TPSA) is 77.5 Å². The summed E-state index contributed by atoms with van der Waals surface area (Å²) in [5, 5.41) is 14.5. The molecule has 2 fully saturated rings. The minimum Gasteiger partial charge on any atom is -0.453 e. The third-order valence-electron chi connectivity index (χ3n) is 6.74. The predicted octanol–water partition coefficient (Wildman–Crippen LogP) is 4.39. The van der Waals surface area contributed by atoms with Gasteiger partial charge in [0.2, 0.25) is 5.91 Å². The number of ether oxygens (including phenoxy) is 1. The van der Waals surface area contributed by atoms with Crippen LogP contribution in [-0.4, -0.2) is 37.3 Å². The van der Waals surface area contributed by atoms with Crippen molar-refractivity contribution in [3.63, 3.8) is 0 Å². The molecule has 5 rings (SSSR count). The molecule has 1 atom stereocenters. The van der Waals surface area contributed by atoms with Gasteiger partial charge in [0.05, 0.1) is 11.7 Å². The Morgan fingerprint density at radius 1 is 1.21 bits per heavy atom. The standard InChI is InChI=1S/C26H28F2N4O2/c1-15-2-6-21-23(32(15)26(33)16-3-4-16)9-7-20(17(11-29)12-31-19-13-30-14-19)25(21)34-24-10-18(27)5-8-22(24)28/h5,7-12,15-16,19,29-31H,2-4,6,13-14H2,1H3/b17-12+,29-11?. The molecule has 0 spiro atoms. The molecule has 8 heteroatoms. The van der Waals surface area contributed by atoms with Crippen molar-refractivity contribution in [2.45, 2.75) is 44.7 Å². The summed E-state index contributed by atoms with van der Waals surface area (Å²) in [4.78, 5) is 14.9. The van der Waals surface area contributed by atoms with Gasteiger partial charge in [-0.3, -0.25) is 4.79 Å². The zero-order valence-corrected chi connectivity index (χ0v) is 19.0. The second kappa shape index (κ2) is 9.18. The second-order valence-corrected chi connectivity index (χ2v) is 9.25. The average Bonchev–Trinajstić information content (AvgIpc) is 3.63. The zero-order chi connectivity index (χ0) is 23.8. The van der Waals surface area contributed by atoms with Crippen molar-refractivity contribution in [2.75, 3.05) is 18.0 Å². The van der Waals surface area contributed by atoms with E-state index in [2.05, 4.69) is 10.6 Å². The predicted molar refractivity (Wildman–Crippen MR) is 127 cm³/mol. The monoisotopic (exact) mass is 466 g/mol. The van der Waals surface area contributed by atoms with E-state index in [1.807, 2.05) is 17.9 Å². The molecule has 1 unspecified atom stereocenters. The highest BCUT2D eigenvalue weighted by Gasteiger charge is 2.39. The summed E-state index contributed by atoms with van der Waals surface area (Å²) in [6.45, 7) is 3.70. The van der Waals surface area contributed by atoms with Crippen molar-refractivity contribution in [3.8, 4) is 11.5 Å². The maximum absolute atomic E-state index is 14.6. The lowest BCUT2D eigenvalue weighted by Crippen LogP contribution is -2.53. The van der Waals surface area contributed by atoms with Crippen LogP contribution in [0.15, 0.2) is 36.5 Å². The number of nitrogens with zero attached hydrogens (tertiary/aromatic N) is 1. The van der Waals surface area contributed by atoms with Crippen LogP contribution in [0.4, 0.5) is 14.5 Å². The van der Waals surface area contributed by atoms with Crippen LogP contribution in [0, 0.1) is 23.0 Å². The first-order valence-electron chi connectivity index (χ1n) is 11.8. The highest BCUT2D eigenvalue weighted by molar-refractivity contribution is 6.10. The minimum atomic E-state index is -0.681. The summed E-state index contributed by atoms with van der Waals surface area (Å²) in [5.41, 5.74) is 2.66. The van der Waals surface area contributed by atoms with Gasteiger partial charge in [0, 0.05) is 60.2 Å². The normalized spacial score (nSPS) is 20.4. The van der Waals surface area contributed by atoms with Crippen LogP contribution in [0.3, 0.4) is 0 Å². The first-order valence-corrected chi connectivity index (χ1v) is 11.8. The van der Waals surface area contributed by atoms with Crippen molar-refractivity contribution >= 4 is 23.4 Å². The summed E-state index contributed by atoms with van der Waals surface area (Å²) in [6, 6.07) is 7.08. The summed E-state index contributed by atoms with van der Waals surface area (Å²) >= 11 is 0. The Morgan fingerprint density at radius 3 is 2.68 bits per heavy atom. The van der Waals surface area contributed by atoms with E-state index in [9.17, 15) is 13.6 Å². The molecule has 0 radical (unpaired) electrons. The van der Waals surface area contributed by atoms with Crippen molar-refractivity contribution in [3.05, 3.63) is 59.3 Å². The van der Waals surface area contributed by atoms with Gasteiger partial charge in [0.15, 0.2) is 11.6 Å². The van der Waals surface area contributed by atoms with Gasteiger partial charge in [-0.2, -0.15) is 0 Å². The van der Waals surface area contributed by atoms with Crippen LogP contribution < -0.4 is 20.3 Å². The number of nitrogens with one attached hydrogen (secondary N) is 3. The molecule has 3 aliphatic rings. The first kappa shape index (κ1) is 22.5. The number of halogens is 2. The fraction of sp³-hybridized carbons (Fsp3) is 0.385. The quantitative estimate of drug-likeness (QED) is 0.529. The number of allylic oxidation sites excluding steroid dienone is 1. The Kier molecular flexibility index (Phi) is 6.08. The number of fused-ring (bicyclic) bond motifs is 1. The minimum absolute atomic E-state index is 0.0377. The van der Waals surface area contributed by atoms with Crippen LogP contribution in [0.2, 0.25) is 0 Å². The number of anilines is 1. The smallest absolute Gasteiger partial charge is 0.230 e. The lowest BCUT2D eigenvalue weighted by atomic mass is 9.91. The Labute approximate surface area is 197 Å². The average molecular weight is 467 g/mol. The van der Waals surface area contributed by atoms with Crippen LogP contribution in [-0.2, 0) is 11.2 Å². The molecule has 0 aromatic heterocycles. The highest BCUT2D eigenvalue weighted by atomic mass is 19.1. The fourth-order valence-electron chi connectivity index (χ4n) is 4.49. The third-order valence-corrected chi connectivity index (χ3v) is 6.74. The number of hydrogen-bond donors (Lipinski definition) is 3. The van der Waals surface area contributed by atoms with Crippen molar-refractivity contribution in [2.24, 2.45) is 5.92 Å². The maximum Gasteiger partial charge on any atom is 0.230 e. The van der Waals surface area contributed by atoms with E-state index in [0.717, 1.165) is 61.8 Å². The van der Waals surface area contributed by atoms with E-state index in [4.69, 9.17) is 10.1 Å². The molecule has 1 amide bonds. The molecule has 2 aromatic carbocycles. The Hall–Kier alpha value is -3.26. The van der Waals surface area contributed by atoms with E-state index < -0.39 is 11.6 Å². The molecular weight excluding hydrogens is 438 g/mol. The molecule has 1 saturated carbocycles. The molecule has 3 N–H and O–H groups in total. The Balaban J connectivity index is 1.61. The van der Waals surface area contributed by atoms with Gasteiger partial charge in [-0.1, -0.05) is 0 Å². The molecule has 0 bridgehead atoms. The van der Waals surface area contributed by atoms with Gasteiger partial charge in [0.1, 0.15) is 11.6 Å². The van der Waals surface area contributed by atoms with Crippen LogP contribution in [0.1, 0.15) is 37.3 Å². The molecule has 2 aliphatic heterocycles. The second-order valence-electron chi connectivity index (χ2n) is 9.25. The summed E-state index contributed by atoms with van der Waals surface area (Å²) in [5.74, 6) is -1.01. The fourth-order valence-corrected chi connectivity index (χ4v) is 4.49. The van der Waals surface area contributed by atoms with Gasteiger partial charge >= 0.3 is 0 Å². The molecule has 1 aliphatic carbocycles. The number of rotatable bonds is 7. The largest absolute Gasteiger partial charge is 0.453 e. The van der Waals surface area contributed by atoms with E-state index in [-0.39, 0.29) is 29.7 Å². The van der Waals surface area contributed by atoms with Crippen LogP contribution in [0.5, 0.6) is 11.5 Å². The number of carbonyl (C=O) groups is 1. The zero-order valence-electron chi connectivity index (χ0n) is 19.0. The summed E-state index contributed by atoms with van der Waals surface area (Å²) < 4.78 is 34.5. The lowest BCUT2D eigenvalue weighted by molar-refractivity contribution is -0.120. The van der Waals surface area contributed by atoms with E-state index in [1.165, 1.54) is 6.21 Å². The van der Waals surface area contributed by atoms with E-state index in [0.29, 0.717) is 23.3 Å². The third kappa shape index (κ3) is 4.30. The van der Waals surface area contributed by atoms with Gasteiger partial charge in [0.25, 0.3) is 0 Å². The number of amides is 1. The van der Waals surface area contributed by atoms with Crippen molar-refractivity contribution in [1.82, 2.24) is 10.6 Å². The van der Waals surface area contributed by atoms with Crippen molar-refractivity contribution < 1.29 is 18.3 Å². The van der Waals surface area contributed by atoms with Crippen LogP contribution in [0.25, 0.3) is 5.57 Å². The summed E-state index contributed by atoms with van der Waals surface area (Å²) in [6.07, 6.45) is 6.12. The van der Waals surface area contributed by atoms with Gasteiger partial charge in [-0.25, -0.2) is 8.78 Å². The number of carbonyl (C=O) groups excluding carboxylic acids is 1. The van der Waals surface area contributed by atoms with Crippen molar-refractivity contribution in [1.29, 1.82) is 5.41 Å². The Morgan fingerprint density at radius 2 is 2.00 bits per heavy atom. The molecule has 2 heterocycles. The SMILES string of the molecule is CC1CCc2c(ccc(/C(C=N)=C/NC3CNC3)c2Oc2cc(F)ccc2F)N1C(=O)C1CC1. The summed E-state index contributed by atoms with van der Waals surface area (Å²) in [7, 11) is 0. The van der Waals surface area contributed by atoms with Gasteiger partial charge in [-0.05, 0) is 56.9 Å². The number of benzene rings is 2.